The van der Waals surface area contributed by atoms with E-state index >= 15 is 0 Å². The number of halogens is 1. The van der Waals surface area contributed by atoms with Gasteiger partial charge < -0.3 is 15.3 Å². The number of anilines is 1. The summed E-state index contributed by atoms with van der Waals surface area (Å²) in [5.41, 5.74) is 1.77. The number of nitrogens with one attached hydrogen (secondary N) is 1. The maximum Gasteiger partial charge on any atom is 0.0737 e. The van der Waals surface area contributed by atoms with Crippen molar-refractivity contribution in [2.45, 2.75) is 32.7 Å². The molecule has 0 amide bonds. The van der Waals surface area contributed by atoms with Gasteiger partial charge in [0.25, 0.3) is 0 Å². The number of aromatic nitrogens is 1. The monoisotopic (exact) mass is 339 g/mol. The van der Waals surface area contributed by atoms with Crippen LogP contribution in [0, 0.1) is 0 Å². The second kappa shape index (κ2) is 9.06. The lowest BCUT2D eigenvalue weighted by atomic mass is 10.1. The molecule has 126 valence electrons. The average molecular weight is 340 g/mol. The van der Waals surface area contributed by atoms with Crippen LogP contribution in [0.4, 0.5) is 5.69 Å². The first-order valence-corrected chi connectivity index (χ1v) is 8.22. The maximum absolute atomic E-state index is 9.46. The molecule has 0 unspecified atom stereocenters. The number of hydrogen-bond acceptors (Lipinski definition) is 4. The van der Waals surface area contributed by atoms with Gasteiger partial charge in [0, 0.05) is 37.6 Å². The van der Waals surface area contributed by atoms with Gasteiger partial charge in [0.1, 0.15) is 0 Å². The van der Waals surface area contributed by atoms with Gasteiger partial charge in [0.15, 0.2) is 0 Å². The highest BCUT2D eigenvalue weighted by atomic mass is 35.5. The SMILES string of the molecule is [2H]C([2H])(O)C([2H])([2H])N(CC)CCC[C@@H](C)Nc1ccnc2cc(Cl)ccc12. The predicted octanol–water partition coefficient (Wildman–Crippen LogP) is 3.78. The Morgan fingerprint density at radius 2 is 2.26 bits per heavy atom. The fraction of sp³-hybridized carbons (Fsp3) is 0.500. The Kier molecular flexibility index (Phi) is 5.12. The third-order valence-electron chi connectivity index (χ3n) is 3.76. The Bertz CT molecular complexity index is 770. The summed E-state index contributed by atoms with van der Waals surface area (Å²) in [6.07, 6.45) is 3.15. The Hall–Kier alpha value is -1.36. The van der Waals surface area contributed by atoms with E-state index in [2.05, 4.69) is 10.3 Å². The van der Waals surface area contributed by atoms with Crippen molar-refractivity contribution >= 4 is 28.2 Å². The first-order chi connectivity index (χ1) is 12.6. The standard InChI is InChI=1S/C18H26ClN3O/c1-3-22(11-12-23)10-4-5-14(2)21-17-8-9-20-18-13-15(19)6-7-16(17)18/h6-9,13-14,23H,3-5,10-12H2,1-2H3,(H,20,21)/t14-/m1/s1/i11D2,12D2. The Labute approximate surface area is 149 Å². The van der Waals surface area contributed by atoms with Crippen molar-refractivity contribution < 1.29 is 10.6 Å². The van der Waals surface area contributed by atoms with E-state index < -0.39 is 13.1 Å². The topological polar surface area (TPSA) is 48.4 Å². The summed E-state index contributed by atoms with van der Waals surface area (Å²) in [6, 6.07) is 7.60. The van der Waals surface area contributed by atoms with Crippen LogP contribution in [0.1, 0.15) is 32.2 Å². The van der Waals surface area contributed by atoms with E-state index in [-0.39, 0.29) is 6.04 Å². The fourth-order valence-electron chi connectivity index (χ4n) is 2.54. The average Bonchev–Trinajstić information content (AvgIpc) is 2.57. The van der Waals surface area contributed by atoms with Crippen molar-refractivity contribution in [1.82, 2.24) is 9.88 Å². The molecular formula is C18H26ClN3O. The smallest absolute Gasteiger partial charge is 0.0737 e. The molecule has 4 nitrogen and oxygen atoms in total. The summed E-state index contributed by atoms with van der Waals surface area (Å²) in [5.74, 6) is 0. The minimum absolute atomic E-state index is 0.127. The van der Waals surface area contributed by atoms with Gasteiger partial charge in [-0.05, 0) is 57.1 Å². The van der Waals surface area contributed by atoms with E-state index in [0.717, 1.165) is 23.0 Å². The van der Waals surface area contributed by atoms with Gasteiger partial charge in [-0.2, -0.15) is 0 Å². The molecule has 23 heavy (non-hydrogen) atoms. The maximum atomic E-state index is 9.46. The minimum atomic E-state index is -2.91. The summed E-state index contributed by atoms with van der Waals surface area (Å²) >= 11 is 6.02. The summed E-state index contributed by atoms with van der Waals surface area (Å²) < 4.78 is 30.3. The first-order valence-electron chi connectivity index (χ1n) is 9.84. The van der Waals surface area contributed by atoms with Crippen LogP contribution in [0.25, 0.3) is 10.9 Å². The van der Waals surface area contributed by atoms with E-state index in [9.17, 15) is 5.11 Å². The second-order valence-electron chi connectivity index (χ2n) is 5.51. The highest BCUT2D eigenvalue weighted by molar-refractivity contribution is 6.31. The molecule has 1 aromatic heterocycles. The number of nitrogens with zero attached hydrogens (tertiary/aromatic N) is 2. The predicted molar refractivity (Wildman–Crippen MR) is 98.3 cm³/mol. The highest BCUT2D eigenvalue weighted by Gasteiger charge is 2.08. The zero-order chi connectivity index (χ0) is 20.2. The van der Waals surface area contributed by atoms with Crippen molar-refractivity contribution in [1.29, 1.82) is 0 Å². The molecule has 1 atom stereocenters. The summed E-state index contributed by atoms with van der Waals surface area (Å²) in [7, 11) is 0. The lowest BCUT2D eigenvalue weighted by Gasteiger charge is -2.21. The van der Waals surface area contributed by atoms with Gasteiger partial charge in [0.05, 0.1) is 14.8 Å². The van der Waals surface area contributed by atoms with Gasteiger partial charge in [-0.15, -0.1) is 0 Å². The molecule has 5 heteroatoms. The van der Waals surface area contributed by atoms with Crippen molar-refractivity contribution in [3.8, 4) is 0 Å². The van der Waals surface area contributed by atoms with Gasteiger partial charge in [-0.3, -0.25) is 4.98 Å². The fourth-order valence-corrected chi connectivity index (χ4v) is 2.70. The molecule has 0 saturated carbocycles. The van der Waals surface area contributed by atoms with Gasteiger partial charge in [0.2, 0.25) is 0 Å². The summed E-state index contributed by atoms with van der Waals surface area (Å²) in [5, 5.41) is 14.5. The van der Waals surface area contributed by atoms with Crippen LogP contribution in [0.15, 0.2) is 30.5 Å². The van der Waals surface area contributed by atoms with Gasteiger partial charge in [-0.1, -0.05) is 18.5 Å². The molecule has 2 N–H and O–H groups in total. The molecule has 0 spiro atoms. The molecule has 0 aliphatic carbocycles. The lowest BCUT2D eigenvalue weighted by Crippen LogP contribution is -2.28. The van der Waals surface area contributed by atoms with Gasteiger partial charge >= 0.3 is 0 Å². The van der Waals surface area contributed by atoms with Crippen LogP contribution in [0.3, 0.4) is 0 Å². The van der Waals surface area contributed by atoms with E-state index in [1.165, 1.54) is 4.90 Å². The number of likely N-dealkylation sites (N-methyl/N-ethyl adjacent to an activating group) is 1. The molecule has 0 aliphatic heterocycles. The van der Waals surface area contributed by atoms with Crippen molar-refractivity contribution in [2.24, 2.45) is 0 Å². The van der Waals surface area contributed by atoms with Crippen LogP contribution < -0.4 is 5.32 Å². The van der Waals surface area contributed by atoms with Gasteiger partial charge in [-0.25, -0.2) is 0 Å². The number of benzene rings is 1. The number of hydrogen-bond donors (Lipinski definition) is 2. The van der Waals surface area contributed by atoms with Crippen LogP contribution in [-0.2, 0) is 0 Å². The number of fused-ring (bicyclic) bond motifs is 1. The quantitative estimate of drug-likeness (QED) is 0.730. The molecular weight excluding hydrogens is 310 g/mol. The highest BCUT2D eigenvalue weighted by Crippen LogP contribution is 2.25. The van der Waals surface area contributed by atoms with Crippen LogP contribution in [0.2, 0.25) is 5.02 Å². The molecule has 0 fully saturated rings. The molecule has 1 aromatic carbocycles. The second-order valence-corrected chi connectivity index (χ2v) is 5.95. The van der Waals surface area contributed by atoms with E-state index in [1.54, 1.807) is 13.1 Å². The summed E-state index contributed by atoms with van der Waals surface area (Å²) in [6.45, 7) is -0.895. The van der Waals surface area contributed by atoms with Crippen molar-refractivity contribution in [3.63, 3.8) is 0 Å². The molecule has 0 radical (unpaired) electrons. The van der Waals surface area contributed by atoms with Crippen LogP contribution in [-0.4, -0.2) is 47.2 Å². The molecule has 0 bridgehead atoms. The molecule has 0 saturated heterocycles. The van der Waals surface area contributed by atoms with E-state index in [0.29, 0.717) is 24.5 Å². The third-order valence-corrected chi connectivity index (χ3v) is 4.00. The lowest BCUT2D eigenvalue weighted by molar-refractivity contribution is 0.199. The van der Waals surface area contributed by atoms with Crippen LogP contribution >= 0.6 is 11.6 Å². The Morgan fingerprint density at radius 3 is 3.00 bits per heavy atom. The minimum Gasteiger partial charge on any atom is -0.395 e. The zero-order valence-electron chi connectivity index (χ0n) is 17.5. The Morgan fingerprint density at radius 1 is 1.43 bits per heavy atom. The first kappa shape index (κ1) is 13.0. The number of aliphatic hydroxyl groups is 1. The third kappa shape index (κ3) is 5.34. The molecule has 0 aliphatic rings. The number of rotatable bonds is 9. The molecule has 2 rings (SSSR count). The largest absolute Gasteiger partial charge is 0.395 e. The van der Waals surface area contributed by atoms with Crippen molar-refractivity contribution in [3.05, 3.63) is 35.5 Å². The van der Waals surface area contributed by atoms with E-state index in [4.69, 9.17) is 17.1 Å². The summed E-state index contributed by atoms with van der Waals surface area (Å²) in [4.78, 5) is 5.65. The van der Waals surface area contributed by atoms with Crippen molar-refractivity contribution in [2.75, 3.05) is 31.5 Å². The number of pyridine rings is 1. The normalized spacial score (nSPS) is 16.6. The van der Waals surface area contributed by atoms with E-state index in [1.807, 2.05) is 31.2 Å². The van der Waals surface area contributed by atoms with Crippen LogP contribution in [0.5, 0.6) is 0 Å². The Balaban J connectivity index is 1.96. The molecule has 1 heterocycles. The molecule has 2 aromatic rings. The zero-order valence-corrected chi connectivity index (χ0v) is 14.3.